The molecule has 0 aliphatic heterocycles. The maximum absolute atomic E-state index is 12.1. The van der Waals surface area contributed by atoms with E-state index in [1.807, 2.05) is 33.8 Å². The Morgan fingerprint density at radius 2 is 1.90 bits per heavy atom. The average Bonchev–Trinajstić information content (AvgIpc) is 2.36. The Morgan fingerprint density at radius 3 is 2.48 bits per heavy atom. The molecule has 0 fully saturated rings. The SMILES string of the molecule is Cc1ccc(C(=O)NCCC(C)(C)CCC(=O)O)c(C)n1. The second kappa shape index (κ2) is 7.20. The van der Waals surface area contributed by atoms with E-state index in [2.05, 4.69) is 10.3 Å². The standard InChI is InChI=1S/C16H24N2O3/c1-11-5-6-13(12(2)18-11)15(21)17-10-9-16(3,4)8-7-14(19)20/h5-6H,7-10H2,1-4H3,(H,17,21)(H,19,20). The molecule has 2 N–H and O–H groups in total. The fraction of sp³-hybridized carbons (Fsp3) is 0.562. The van der Waals surface area contributed by atoms with Crippen molar-refractivity contribution in [3.63, 3.8) is 0 Å². The zero-order valence-electron chi connectivity index (χ0n) is 13.2. The third-order valence-corrected chi connectivity index (χ3v) is 3.57. The molecular formula is C16H24N2O3. The molecule has 5 nitrogen and oxygen atoms in total. The van der Waals surface area contributed by atoms with E-state index in [1.165, 1.54) is 0 Å². The van der Waals surface area contributed by atoms with Crippen LogP contribution in [0.2, 0.25) is 0 Å². The van der Waals surface area contributed by atoms with Gasteiger partial charge in [-0.1, -0.05) is 13.8 Å². The molecule has 0 aliphatic rings. The van der Waals surface area contributed by atoms with Crippen LogP contribution in [0.5, 0.6) is 0 Å². The van der Waals surface area contributed by atoms with Gasteiger partial charge in [-0.2, -0.15) is 0 Å². The highest BCUT2D eigenvalue weighted by Crippen LogP contribution is 2.26. The highest BCUT2D eigenvalue weighted by Gasteiger charge is 2.19. The van der Waals surface area contributed by atoms with Crippen LogP contribution in [0.4, 0.5) is 0 Å². The van der Waals surface area contributed by atoms with E-state index < -0.39 is 5.97 Å². The van der Waals surface area contributed by atoms with Crippen molar-refractivity contribution in [2.24, 2.45) is 5.41 Å². The molecule has 0 radical (unpaired) electrons. The van der Waals surface area contributed by atoms with Gasteiger partial charge in [-0.25, -0.2) is 0 Å². The van der Waals surface area contributed by atoms with Gasteiger partial charge in [0, 0.05) is 18.7 Å². The lowest BCUT2D eigenvalue weighted by molar-refractivity contribution is -0.137. The van der Waals surface area contributed by atoms with Crippen molar-refractivity contribution >= 4 is 11.9 Å². The van der Waals surface area contributed by atoms with Gasteiger partial charge < -0.3 is 10.4 Å². The van der Waals surface area contributed by atoms with E-state index in [-0.39, 0.29) is 17.7 Å². The van der Waals surface area contributed by atoms with Gasteiger partial charge in [-0.05, 0) is 44.2 Å². The summed E-state index contributed by atoms with van der Waals surface area (Å²) in [6, 6.07) is 3.60. The van der Waals surface area contributed by atoms with Crippen LogP contribution < -0.4 is 5.32 Å². The van der Waals surface area contributed by atoms with E-state index in [0.29, 0.717) is 18.5 Å². The third kappa shape index (κ3) is 5.94. The molecule has 1 rings (SSSR count). The molecular weight excluding hydrogens is 268 g/mol. The normalized spacial score (nSPS) is 11.2. The predicted octanol–water partition coefficient (Wildman–Crippen LogP) is 2.71. The fourth-order valence-electron chi connectivity index (χ4n) is 2.11. The van der Waals surface area contributed by atoms with Crippen molar-refractivity contribution < 1.29 is 14.7 Å². The molecule has 0 atom stereocenters. The first kappa shape index (κ1) is 17.1. The summed E-state index contributed by atoms with van der Waals surface area (Å²) in [4.78, 5) is 27.0. The number of pyridine rings is 1. The van der Waals surface area contributed by atoms with Crippen LogP contribution in [0.3, 0.4) is 0 Å². The smallest absolute Gasteiger partial charge is 0.303 e. The first-order valence-electron chi connectivity index (χ1n) is 7.15. The Morgan fingerprint density at radius 1 is 1.24 bits per heavy atom. The summed E-state index contributed by atoms with van der Waals surface area (Å²) in [6.07, 6.45) is 1.50. The van der Waals surface area contributed by atoms with Gasteiger partial charge in [0.1, 0.15) is 0 Å². The lowest BCUT2D eigenvalue weighted by Crippen LogP contribution is -2.29. The lowest BCUT2D eigenvalue weighted by Gasteiger charge is -2.23. The van der Waals surface area contributed by atoms with Gasteiger partial charge >= 0.3 is 5.97 Å². The summed E-state index contributed by atoms with van der Waals surface area (Å²) >= 11 is 0. The quantitative estimate of drug-likeness (QED) is 0.810. The Kier molecular flexibility index (Phi) is 5.88. The van der Waals surface area contributed by atoms with Gasteiger partial charge in [-0.3, -0.25) is 14.6 Å². The number of nitrogens with one attached hydrogen (secondary N) is 1. The number of hydrogen-bond acceptors (Lipinski definition) is 3. The van der Waals surface area contributed by atoms with Gasteiger partial charge in [0.2, 0.25) is 0 Å². The summed E-state index contributed by atoms with van der Waals surface area (Å²) in [5.74, 6) is -0.914. The molecule has 5 heteroatoms. The summed E-state index contributed by atoms with van der Waals surface area (Å²) in [7, 11) is 0. The van der Waals surface area contributed by atoms with Crippen molar-refractivity contribution in [2.45, 2.75) is 47.0 Å². The zero-order chi connectivity index (χ0) is 16.0. The van der Waals surface area contributed by atoms with Crippen LogP contribution in [0.25, 0.3) is 0 Å². The maximum atomic E-state index is 12.1. The number of nitrogens with zero attached hydrogens (tertiary/aromatic N) is 1. The van der Waals surface area contributed by atoms with Crippen LogP contribution in [-0.4, -0.2) is 28.5 Å². The first-order valence-corrected chi connectivity index (χ1v) is 7.15. The lowest BCUT2D eigenvalue weighted by atomic mass is 9.84. The van der Waals surface area contributed by atoms with Crippen LogP contribution in [0.15, 0.2) is 12.1 Å². The molecule has 0 spiro atoms. The number of aliphatic carboxylic acids is 1. The number of aryl methyl sites for hydroxylation is 2. The molecule has 21 heavy (non-hydrogen) atoms. The number of aromatic nitrogens is 1. The Bertz CT molecular complexity index is 524. The van der Waals surface area contributed by atoms with Gasteiger partial charge in [0.25, 0.3) is 5.91 Å². The average molecular weight is 292 g/mol. The van der Waals surface area contributed by atoms with Crippen LogP contribution >= 0.6 is 0 Å². The molecule has 0 saturated heterocycles. The molecule has 0 unspecified atom stereocenters. The number of hydrogen-bond donors (Lipinski definition) is 2. The van der Waals surface area contributed by atoms with Crippen LogP contribution in [0, 0.1) is 19.3 Å². The highest BCUT2D eigenvalue weighted by molar-refractivity contribution is 5.95. The largest absolute Gasteiger partial charge is 0.481 e. The Balaban J connectivity index is 2.48. The minimum absolute atomic E-state index is 0.105. The topological polar surface area (TPSA) is 79.3 Å². The Hall–Kier alpha value is -1.91. The minimum Gasteiger partial charge on any atom is -0.481 e. The summed E-state index contributed by atoms with van der Waals surface area (Å²) in [5.41, 5.74) is 2.09. The second-order valence-electron chi connectivity index (χ2n) is 6.15. The summed E-state index contributed by atoms with van der Waals surface area (Å²) in [5, 5.41) is 11.6. The molecule has 0 saturated carbocycles. The number of carboxylic acids is 1. The van der Waals surface area contributed by atoms with E-state index in [1.54, 1.807) is 6.07 Å². The fourth-order valence-corrected chi connectivity index (χ4v) is 2.11. The molecule has 0 aromatic carbocycles. The first-order chi connectivity index (χ1) is 9.71. The van der Waals surface area contributed by atoms with Crippen molar-refractivity contribution in [1.29, 1.82) is 0 Å². The number of carbonyl (C=O) groups is 2. The molecule has 1 amide bonds. The second-order valence-corrected chi connectivity index (χ2v) is 6.15. The molecule has 0 bridgehead atoms. The number of carboxylic acid groups (broad SMARTS) is 1. The zero-order valence-corrected chi connectivity index (χ0v) is 13.2. The van der Waals surface area contributed by atoms with Crippen molar-refractivity contribution in [3.05, 3.63) is 29.1 Å². The highest BCUT2D eigenvalue weighted by atomic mass is 16.4. The number of rotatable bonds is 7. The number of amides is 1. The van der Waals surface area contributed by atoms with E-state index in [9.17, 15) is 9.59 Å². The molecule has 0 aliphatic carbocycles. The molecule has 116 valence electrons. The maximum Gasteiger partial charge on any atom is 0.303 e. The Labute approximate surface area is 125 Å². The van der Waals surface area contributed by atoms with Crippen molar-refractivity contribution in [1.82, 2.24) is 10.3 Å². The number of carbonyl (C=O) groups excluding carboxylic acids is 1. The summed E-state index contributed by atoms with van der Waals surface area (Å²) in [6.45, 7) is 8.26. The third-order valence-electron chi connectivity index (χ3n) is 3.57. The van der Waals surface area contributed by atoms with Gasteiger partial charge in [-0.15, -0.1) is 0 Å². The van der Waals surface area contributed by atoms with E-state index >= 15 is 0 Å². The predicted molar refractivity (Wildman–Crippen MR) is 81.3 cm³/mol. The van der Waals surface area contributed by atoms with E-state index in [4.69, 9.17) is 5.11 Å². The molecule has 1 heterocycles. The van der Waals surface area contributed by atoms with Crippen LogP contribution in [0.1, 0.15) is 54.9 Å². The summed E-state index contributed by atoms with van der Waals surface area (Å²) < 4.78 is 0. The van der Waals surface area contributed by atoms with Gasteiger partial charge in [0.15, 0.2) is 0 Å². The van der Waals surface area contributed by atoms with E-state index in [0.717, 1.165) is 17.8 Å². The molecule has 1 aromatic rings. The van der Waals surface area contributed by atoms with Crippen LogP contribution in [-0.2, 0) is 4.79 Å². The molecule has 1 aromatic heterocycles. The van der Waals surface area contributed by atoms with Crippen molar-refractivity contribution in [2.75, 3.05) is 6.54 Å². The minimum atomic E-state index is -0.784. The monoisotopic (exact) mass is 292 g/mol. The van der Waals surface area contributed by atoms with Crippen molar-refractivity contribution in [3.8, 4) is 0 Å². The van der Waals surface area contributed by atoms with Gasteiger partial charge in [0.05, 0.1) is 11.3 Å².